The summed E-state index contributed by atoms with van der Waals surface area (Å²) in [6.45, 7) is 0. The molecule has 0 bridgehead atoms. The minimum atomic E-state index is -3.91. The summed E-state index contributed by atoms with van der Waals surface area (Å²) in [6, 6.07) is 22.5. The van der Waals surface area contributed by atoms with E-state index in [2.05, 4.69) is 10.8 Å². The molecule has 142 valence electrons. The van der Waals surface area contributed by atoms with Gasteiger partial charge in [-0.05, 0) is 45.1 Å². The quantitative estimate of drug-likeness (QED) is 0.251. The van der Waals surface area contributed by atoms with Gasteiger partial charge in [-0.2, -0.15) is 0 Å². The van der Waals surface area contributed by atoms with Crippen LogP contribution in [0.3, 0.4) is 0 Å². The van der Waals surface area contributed by atoms with Crippen molar-refractivity contribution in [2.75, 3.05) is 4.72 Å². The number of benzene rings is 5. The highest BCUT2D eigenvalue weighted by atomic mass is 32.2. The Bertz CT molecular complexity index is 1510. The Hall–Kier alpha value is -3.71. The van der Waals surface area contributed by atoms with Crippen molar-refractivity contribution < 1.29 is 13.3 Å². The Kier molecular flexibility index (Phi) is 3.69. The molecule has 1 N–H and O–H groups in total. The maximum Gasteiger partial charge on any atom is 0.269 e. The van der Waals surface area contributed by atoms with E-state index in [0.717, 1.165) is 32.3 Å². The summed E-state index contributed by atoms with van der Waals surface area (Å²) in [5, 5.41) is 16.8. The van der Waals surface area contributed by atoms with E-state index in [4.69, 9.17) is 0 Å². The van der Waals surface area contributed by atoms with Gasteiger partial charge in [-0.25, -0.2) is 8.42 Å². The molecule has 6 nitrogen and oxygen atoms in total. The number of sulfonamides is 1. The third-order valence-corrected chi connectivity index (χ3v) is 6.49. The Morgan fingerprint density at radius 2 is 1.38 bits per heavy atom. The second-order valence-electron chi connectivity index (χ2n) is 6.83. The monoisotopic (exact) mass is 402 g/mol. The van der Waals surface area contributed by atoms with Crippen LogP contribution in [0.4, 0.5) is 11.4 Å². The molecule has 0 radical (unpaired) electrons. The molecule has 7 heteroatoms. The van der Waals surface area contributed by atoms with E-state index in [9.17, 15) is 18.5 Å². The van der Waals surface area contributed by atoms with Crippen LogP contribution in [0.1, 0.15) is 0 Å². The average molecular weight is 402 g/mol. The lowest BCUT2D eigenvalue weighted by molar-refractivity contribution is -0.384. The minimum absolute atomic E-state index is 0.0340. The van der Waals surface area contributed by atoms with Gasteiger partial charge >= 0.3 is 0 Å². The van der Waals surface area contributed by atoms with Crippen LogP contribution in [-0.2, 0) is 10.0 Å². The summed E-state index contributed by atoms with van der Waals surface area (Å²) in [4.78, 5) is 10.2. The fraction of sp³-hybridized carbons (Fsp3) is 0. The molecule has 0 aliphatic rings. The molecule has 5 aromatic rings. The van der Waals surface area contributed by atoms with Gasteiger partial charge in [-0.15, -0.1) is 0 Å². The number of hydrogen-bond acceptors (Lipinski definition) is 4. The molecular formula is C22H14N2O4S. The highest BCUT2D eigenvalue weighted by Gasteiger charge is 2.19. The van der Waals surface area contributed by atoms with E-state index in [1.165, 1.54) is 24.3 Å². The van der Waals surface area contributed by atoms with Crippen molar-refractivity contribution in [2.45, 2.75) is 4.90 Å². The topological polar surface area (TPSA) is 89.3 Å². The molecule has 0 atom stereocenters. The lowest BCUT2D eigenvalue weighted by Gasteiger charge is -2.16. The summed E-state index contributed by atoms with van der Waals surface area (Å²) in [5.74, 6) is 0. The zero-order valence-electron chi connectivity index (χ0n) is 15.0. The van der Waals surface area contributed by atoms with E-state index in [-0.39, 0.29) is 10.6 Å². The van der Waals surface area contributed by atoms with Crippen molar-refractivity contribution >= 4 is 53.7 Å². The molecule has 0 amide bonds. The van der Waals surface area contributed by atoms with Gasteiger partial charge in [-0.1, -0.05) is 48.5 Å². The number of rotatable bonds is 4. The van der Waals surface area contributed by atoms with Gasteiger partial charge in [0.05, 0.1) is 15.5 Å². The van der Waals surface area contributed by atoms with Crippen molar-refractivity contribution in [1.82, 2.24) is 0 Å². The lowest BCUT2D eigenvalue weighted by atomic mass is 9.93. The third-order valence-electron chi connectivity index (χ3n) is 5.11. The summed E-state index contributed by atoms with van der Waals surface area (Å²) < 4.78 is 28.5. The normalized spacial score (nSPS) is 12.0. The molecule has 0 heterocycles. The number of nitro groups is 1. The largest absolute Gasteiger partial charge is 0.279 e. The Morgan fingerprint density at radius 1 is 0.759 bits per heavy atom. The first kappa shape index (κ1) is 17.4. The Labute approximate surface area is 165 Å². The maximum atomic E-state index is 12.9. The number of non-ortho nitro benzene ring substituents is 1. The molecule has 29 heavy (non-hydrogen) atoms. The third kappa shape index (κ3) is 2.75. The molecule has 0 unspecified atom stereocenters. The van der Waals surface area contributed by atoms with Gasteiger partial charge < -0.3 is 0 Å². The zero-order chi connectivity index (χ0) is 20.2. The molecule has 0 aliphatic heterocycles. The molecule has 0 aliphatic carbocycles. The summed E-state index contributed by atoms with van der Waals surface area (Å²) in [6.07, 6.45) is 0. The Morgan fingerprint density at radius 3 is 2.07 bits per heavy atom. The van der Waals surface area contributed by atoms with Crippen molar-refractivity contribution in [2.24, 2.45) is 0 Å². The van der Waals surface area contributed by atoms with Gasteiger partial charge in [0, 0.05) is 17.5 Å². The molecule has 5 rings (SSSR count). The predicted molar refractivity (Wildman–Crippen MR) is 114 cm³/mol. The number of hydrogen-bond donors (Lipinski definition) is 1. The van der Waals surface area contributed by atoms with Gasteiger partial charge in [0.2, 0.25) is 0 Å². The highest BCUT2D eigenvalue weighted by Crippen LogP contribution is 2.39. The molecule has 0 saturated carbocycles. The maximum absolute atomic E-state index is 12.9. The van der Waals surface area contributed by atoms with Crippen LogP contribution in [0, 0.1) is 10.1 Å². The minimum Gasteiger partial charge on any atom is -0.279 e. The van der Waals surface area contributed by atoms with Crippen LogP contribution in [0.15, 0.2) is 83.8 Å². The molecule has 0 aromatic heterocycles. The van der Waals surface area contributed by atoms with E-state index in [1.807, 2.05) is 48.5 Å². The smallest absolute Gasteiger partial charge is 0.269 e. The number of anilines is 1. The van der Waals surface area contributed by atoms with Crippen LogP contribution in [0.5, 0.6) is 0 Å². The number of nitrogens with zero attached hydrogens (tertiary/aromatic N) is 1. The molecule has 0 fully saturated rings. The lowest BCUT2D eigenvalue weighted by Crippen LogP contribution is -2.13. The van der Waals surface area contributed by atoms with Gasteiger partial charge in [0.1, 0.15) is 0 Å². The fourth-order valence-corrected chi connectivity index (χ4v) is 4.87. The zero-order valence-corrected chi connectivity index (χ0v) is 15.8. The van der Waals surface area contributed by atoms with Crippen LogP contribution < -0.4 is 4.72 Å². The molecule has 5 aromatic carbocycles. The van der Waals surface area contributed by atoms with Crippen molar-refractivity contribution in [1.29, 1.82) is 0 Å². The summed E-state index contributed by atoms with van der Waals surface area (Å²) in [7, 11) is -3.91. The van der Waals surface area contributed by atoms with Gasteiger partial charge in [-0.3, -0.25) is 14.8 Å². The van der Waals surface area contributed by atoms with Crippen LogP contribution in [-0.4, -0.2) is 13.3 Å². The molecular weight excluding hydrogens is 388 g/mol. The van der Waals surface area contributed by atoms with Gasteiger partial charge in [0.25, 0.3) is 15.7 Å². The second-order valence-corrected chi connectivity index (χ2v) is 8.51. The average Bonchev–Trinajstić information content (AvgIpc) is 2.72. The first-order valence-electron chi connectivity index (χ1n) is 8.88. The van der Waals surface area contributed by atoms with Crippen molar-refractivity contribution in [3.8, 4) is 0 Å². The van der Waals surface area contributed by atoms with E-state index < -0.39 is 14.9 Å². The summed E-state index contributed by atoms with van der Waals surface area (Å²) >= 11 is 0. The van der Waals surface area contributed by atoms with E-state index >= 15 is 0 Å². The van der Waals surface area contributed by atoms with E-state index in [1.54, 1.807) is 0 Å². The van der Waals surface area contributed by atoms with Gasteiger partial charge in [0.15, 0.2) is 0 Å². The van der Waals surface area contributed by atoms with E-state index in [0.29, 0.717) is 5.69 Å². The highest BCUT2D eigenvalue weighted by molar-refractivity contribution is 7.92. The number of nitro benzene ring substituents is 1. The predicted octanol–water partition coefficient (Wildman–Crippen LogP) is 5.29. The second kappa shape index (κ2) is 6.15. The molecule has 0 saturated heterocycles. The van der Waals surface area contributed by atoms with Crippen molar-refractivity contribution in [3.05, 3.63) is 89.0 Å². The fourth-order valence-electron chi connectivity index (χ4n) is 3.80. The number of nitrogens with one attached hydrogen (secondary N) is 1. The van der Waals surface area contributed by atoms with Crippen LogP contribution in [0.25, 0.3) is 32.3 Å². The van der Waals surface area contributed by atoms with Crippen molar-refractivity contribution in [3.63, 3.8) is 0 Å². The first-order valence-corrected chi connectivity index (χ1v) is 10.4. The van der Waals surface area contributed by atoms with Crippen LogP contribution >= 0.6 is 0 Å². The first-order chi connectivity index (χ1) is 13.9. The standard InChI is InChI=1S/C22H14N2O4S/c25-24(26)17-9-11-18(12-10-17)29(27,28)23-20-13-16-5-1-3-14-7-8-15-4-2-6-19(20)22(15)21(14)16/h1-13,23H. The SMILES string of the molecule is O=[N+]([O-])c1ccc(S(=O)(=O)Nc2cc3cccc4ccc5cccc2c5c43)cc1. The molecule has 0 spiro atoms. The van der Waals surface area contributed by atoms with Crippen LogP contribution in [0.2, 0.25) is 0 Å². The summed E-state index contributed by atoms with van der Waals surface area (Å²) in [5.41, 5.74) is 0.311. The Balaban J connectivity index is 1.69.